The predicted molar refractivity (Wildman–Crippen MR) is 103 cm³/mol. The number of rotatable bonds is 3. The Bertz CT molecular complexity index is 1030. The molecule has 2 heterocycles. The summed E-state index contributed by atoms with van der Waals surface area (Å²) in [7, 11) is 0. The molecule has 2 amide bonds. The molecule has 1 N–H and O–H groups in total. The zero-order chi connectivity index (χ0) is 18.3. The number of hydrogen-bond acceptors (Lipinski definition) is 3. The van der Waals surface area contributed by atoms with Crippen molar-refractivity contribution in [1.29, 1.82) is 0 Å². The summed E-state index contributed by atoms with van der Waals surface area (Å²) in [6, 6.07) is 11.4. The smallest absolute Gasteiger partial charge is 0.267 e. The van der Waals surface area contributed by atoms with Crippen molar-refractivity contribution >= 4 is 56.2 Å². The summed E-state index contributed by atoms with van der Waals surface area (Å²) in [5, 5.41) is 3.79. The van der Waals surface area contributed by atoms with Gasteiger partial charge in [-0.3, -0.25) is 9.59 Å². The second-order valence-electron chi connectivity index (χ2n) is 6.01. The molecule has 1 aromatic heterocycles. The van der Waals surface area contributed by atoms with Gasteiger partial charge >= 0.3 is 0 Å². The van der Waals surface area contributed by atoms with E-state index in [2.05, 4.69) is 5.32 Å². The minimum absolute atomic E-state index is 0.0436. The van der Waals surface area contributed by atoms with Crippen LogP contribution in [0.5, 0.6) is 0 Å². The van der Waals surface area contributed by atoms with Crippen molar-refractivity contribution in [2.75, 3.05) is 16.8 Å². The van der Waals surface area contributed by atoms with Gasteiger partial charge in [0, 0.05) is 23.1 Å². The van der Waals surface area contributed by atoms with Crippen LogP contribution in [0, 0.1) is 5.82 Å². The standard InChI is InChI=1S/C19H14ClFN2O2S/c20-17-12-8-7-11(21)10-15(12)26-18(17)19(25)22-13-4-1-2-5-14(13)23-9-3-6-16(23)24/h1-2,4-5,7-8,10H,3,6,9H2,(H,22,25). The lowest BCUT2D eigenvalue weighted by molar-refractivity contribution is -0.117. The highest BCUT2D eigenvalue weighted by Gasteiger charge is 2.25. The van der Waals surface area contributed by atoms with Gasteiger partial charge in [-0.1, -0.05) is 23.7 Å². The van der Waals surface area contributed by atoms with Crippen LogP contribution in [-0.4, -0.2) is 18.4 Å². The van der Waals surface area contributed by atoms with Crippen LogP contribution in [0.25, 0.3) is 10.1 Å². The van der Waals surface area contributed by atoms with Crippen LogP contribution in [0.3, 0.4) is 0 Å². The van der Waals surface area contributed by atoms with Gasteiger partial charge in [0.15, 0.2) is 0 Å². The van der Waals surface area contributed by atoms with Gasteiger partial charge in [-0.05, 0) is 36.8 Å². The van der Waals surface area contributed by atoms with Gasteiger partial charge in [-0.2, -0.15) is 0 Å². The van der Waals surface area contributed by atoms with Crippen molar-refractivity contribution in [3.8, 4) is 0 Å². The first kappa shape index (κ1) is 17.0. The van der Waals surface area contributed by atoms with E-state index in [0.717, 1.165) is 17.8 Å². The molecule has 1 fully saturated rings. The zero-order valence-electron chi connectivity index (χ0n) is 13.6. The van der Waals surface area contributed by atoms with Crippen LogP contribution in [-0.2, 0) is 4.79 Å². The van der Waals surface area contributed by atoms with Crippen LogP contribution in [0.4, 0.5) is 15.8 Å². The fourth-order valence-electron chi connectivity index (χ4n) is 3.08. The third kappa shape index (κ3) is 2.95. The van der Waals surface area contributed by atoms with Crippen molar-refractivity contribution in [3.05, 3.63) is 58.2 Å². The van der Waals surface area contributed by atoms with E-state index in [1.807, 2.05) is 6.07 Å². The van der Waals surface area contributed by atoms with Crippen LogP contribution in [0.1, 0.15) is 22.5 Å². The van der Waals surface area contributed by atoms with E-state index in [1.165, 1.54) is 12.1 Å². The maximum atomic E-state index is 13.4. The number of carbonyl (C=O) groups is 2. The molecule has 4 nitrogen and oxygen atoms in total. The molecule has 0 unspecified atom stereocenters. The third-order valence-electron chi connectivity index (χ3n) is 4.31. The van der Waals surface area contributed by atoms with Crippen molar-refractivity contribution < 1.29 is 14.0 Å². The van der Waals surface area contributed by atoms with Gasteiger partial charge in [-0.15, -0.1) is 11.3 Å². The number of thiophene rings is 1. The van der Waals surface area contributed by atoms with Crippen molar-refractivity contribution in [2.24, 2.45) is 0 Å². The molecule has 0 aliphatic carbocycles. The van der Waals surface area contributed by atoms with Gasteiger partial charge in [0.05, 0.1) is 16.4 Å². The highest BCUT2D eigenvalue weighted by molar-refractivity contribution is 7.21. The summed E-state index contributed by atoms with van der Waals surface area (Å²) >= 11 is 7.46. The molecule has 1 aliphatic heterocycles. The topological polar surface area (TPSA) is 49.4 Å². The van der Waals surface area contributed by atoms with E-state index in [4.69, 9.17) is 11.6 Å². The van der Waals surface area contributed by atoms with Gasteiger partial charge < -0.3 is 10.2 Å². The summed E-state index contributed by atoms with van der Waals surface area (Å²) < 4.78 is 14.0. The molecule has 3 aromatic rings. The summed E-state index contributed by atoms with van der Waals surface area (Å²) in [4.78, 5) is 26.8. The first-order valence-corrected chi connectivity index (χ1v) is 9.32. The van der Waals surface area contributed by atoms with E-state index in [9.17, 15) is 14.0 Å². The summed E-state index contributed by atoms with van der Waals surface area (Å²) in [6.45, 7) is 0.634. The van der Waals surface area contributed by atoms with E-state index in [-0.39, 0.29) is 17.6 Å². The highest BCUT2D eigenvalue weighted by Crippen LogP contribution is 2.37. The zero-order valence-corrected chi connectivity index (χ0v) is 15.2. The number of nitrogens with one attached hydrogen (secondary N) is 1. The Kier molecular flexibility index (Phi) is 4.38. The maximum Gasteiger partial charge on any atom is 0.267 e. The Morgan fingerprint density at radius 3 is 2.81 bits per heavy atom. The molecule has 26 heavy (non-hydrogen) atoms. The van der Waals surface area contributed by atoms with Gasteiger partial charge in [-0.25, -0.2) is 4.39 Å². The Balaban J connectivity index is 1.67. The molecule has 0 bridgehead atoms. The van der Waals surface area contributed by atoms with Crippen molar-refractivity contribution in [3.63, 3.8) is 0 Å². The number of amides is 2. The quantitative estimate of drug-likeness (QED) is 0.680. The average Bonchev–Trinajstić information content (AvgIpc) is 3.19. The molecule has 0 saturated carbocycles. The first-order chi connectivity index (χ1) is 12.5. The molecule has 0 spiro atoms. The lowest BCUT2D eigenvalue weighted by Gasteiger charge is -2.19. The minimum atomic E-state index is -0.379. The van der Waals surface area contributed by atoms with E-state index >= 15 is 0 Å². The molecule has 0 atom stereocenters. The normalized spacial score (nSPS) is 14.2. The molecular formula is C19H14ClFN2O2S. The molecule has 132 valence electrons. The van der Waals surface area contributed by atoms with E-state index < -0.39 is 0 Å². The summed E-state index contributed by atoms with van der Waals surface area (Å²) in [5.41, 5.74) is 1.22. The molecular weight excluding hydrogens is 375 g/mol. The fourth-order valence-corrected chi connectivity index (χ4v) is 4.52. The second-order valence-corrected chi connectivity index (χ2v) is 7.44. The predicted octanol–water partition coefficient (Wildman–Crippen LogP) is 5.07. The molecule has 1 aliphatic rings. The molecule has 7 heteroatoms. The molecule has 2 aromatic carbocycles. The maximum absolute atomic E-state index is 13.4. The number of carbonyl (C=O) groups excluding carboxylic acids is 2. The number of fused-ring (bicyclic) bond motifs is 1. The SMILES string of the molecule is O=C(Nc1ccccc1N1CCCC1=O)c1sc2cc(F)ccc2c1Cl. The number of anilines is 2. The number of nitrogens with zero attached hydrogens (tertiary/aromatic N) is 1. The molecule has 0 radical (unpaired) electrons. The monoisotopic (exact) mass is 388 g/mol. The lowest BCUT2D eigenvalue weighted by atomic mass is 10.2. The largest absolute Gasteiger partial charge is 0.319 e. The van der Waals surface area contributed by atoms with Crippen molar-refractivity contribution in [2.45, 2.75) is 12.8 Å². The summed E-state index contributed by atoms with van der Waals surface area (Å²) in [6.07, 6.45) is 1.31. The van der Waals surface area contributed by atoms with Gasteiger partial charge in [0.2, 0.25) is 5.91 Å². The van der Waals surface area contributed by atoms with Crippen LogP contribution >= 0.6 is 22.9 Å². The molecule has 1 saturated heterocycles. The van der Waals surface area contributed by atoms with Crippen LogP contribution in [0.2, 0.25) is 5.02 Å². The third-order valence-corrected chi connectivity index (χ3v) is 5.97. The Labute approximate surface area is 158 Å². The number of halogens is 2. The molecule has 4 rings (SSSR count). The van der Waals surface area contributed by atoms with E-state index in [1.54, 1.807) is 29.2 Å². The Hall–Kier alpha value is -2.44. The van der Waals surface area contributed by atoms with Gasteiger partial charge in [0.25, 0.3) is 5.91 Å². The minimum Gasteiger partial charge on any atom is -0.319 e. The Morgan fingerprint density at radius 1 is 1.23 bits per heavy atom. The van der Waals surface area contributed by atoms with Crippen LogP contribution in [0.15, 0.2) is 42.5 Å². The lowest BCUT2D eigenvalue weighted by Crippen LogP contribution is -2.25. The average molecular weight is 389 g/mol. The van der Waals surface area contributed by atoms with E-state index in [0.29, 0.717) is 44.3 Å². The second kappa shape index (κ2) is 6.70. The fraction of sp³-hybridized carbons (Fsp3) is 0.158. The number of para-hydroxylation sites is 2. The van der Waals surface area contributed by atoms with Crippen molar-refractivity contribution in [1.82, 2.24) is 0 Å². The highest BCUT2D eigenvalue weighted by atomic mass is 35.5. The summed E-state index contributed by atoms with van der Waals surface area (Å²) in [5.74, 6) is -0.710. The Morgan fingerprint density at radius 2 is 2.04 bits per heavy atom. The van der Waals surface area contributed by atoms with Gasteiger partial charge in [0.1, 0.15) is 10.7 Å². The number of benzene rings is 2. The number of hydrogen-bond donors (Lipinski definition) is 1. The van der Waals surface area contributed by atoms with Crippen LogP contribution < -0.4 is 10.2 Å². The first-order valence-electron chi connectivity index (χ1n) is 8.13.